The lowest BCUT2D eigenvalue weighted by atomic mass is 10.0. The van der Waals surface area contributed by atoms with Crippen molar-refractivity contribution in [2.75, 3.05) is 23.3 Å². The molecular weight excluding hydrogens is 262 g/mol. The van der Waals surface area contributed by atoms with Crippen LogP contribution in [0.25, 0.3) is 11.3 Å². The Morgan fingerprint density at radius 1 is 1.33 bits per heavy atom. The summed E-state index contributed by atoms with van der Waals surface area (Å²) < 4.78 is 0. The normalized spacial score (nSPS) is 19.4. The van der Waals surface area contributed by atoms with Gasteiger partial charge in [-0.1, -0.05) is 0 Å². The van der Waals surface area contributed by atoms with Gasteiger partial charge in [-0.3, -0.25) is 4.98 Å². The van der Waals surface area contributed by atoms with E-state index in [1.807, 2.05) is 12.1 Å². The predicted octanol–water partition coefficient (Wildman–Crippen LogP) is 2.41. The van der Waals surface area contributed by atoms with Crippen molar-refractivity contribution < 1.29 is 0 Å². The zero-order valence-corrected chi connectivity index (χ0v) is 11.6. The average Bonchev–Trinajstić information content (AvgIpc) is 2.54. The molecule has 5 heteroatoms. The minimum Gasteiger partial charge on any atom is -0.366 e. The smallest absolute Gasteiger partial charge is 0.150 e. The summed E-state index contributed by atoms with van der Waals surface area (Å²) in [6.07, 6.45) is 5.75. The van der Waals surface area contributed by atoms with Crippen LogP contribution >= 0.6 is 0 Å². The van der Waals surface area contributed by atoms with E-state index >= 15 is 0 Å². The minimum atomic E-state index is 0.498. The summed E-state index contributed by atoms with van der Waals surface area (Å²) in [6, 6.07) is 8.56. The fourth-order valence-electron chi connectivity index (χ4n) is 3.12. The molecule has 2 aliphatic rings. The topological polar surface area (TPSA) is 64.8 Å². The molecule has 0 spiro atoms. The van der Waals surface area contributed by atoms with E-state index < -0.39 is 0 Å². The Morgan fingerprint density at radius 3 is 3.19 bits per heavy atom. The lowest BCUT2D eigenvalue weighted by molar-refractivity contribution is 0.516. The van der Waals surface area contributed by atoms with E-state index in [4.69, 9.17) is 10.2 Å². The summed E-state index contributed by atoms with van der Waals surface area (Å²) in [7, 11) is 0. The maximum Gasteiger partial charge on any atom is 0.150 e. The molecule has 0 aromatic carbocycles. The van der Waals surface area contributed by atoms with Gasteiger partial charge in [0.1, 0.15) is 6.07 Å². The zero-order valence-electron chi connectivity index (χ0n) is 11.6. The Labute approximate surface area is 123 Å². The third kappa shape index (κ3) is 2.09. The number of anilines is 2. The van der Waals surface area contributed by atoms with Crippen LogP contribution < -0.4 is 10.2 Å². The Hall–Kier alpha value is -2.61. The lowest BCUT2D eigenvalue weighted by Crippen LogP contribution is -2.46. The van der Waals surface area contributed by atoms with Crippen molar-refractivity contribution in [3.05, 3.63) is 36.2 Å². The zero-order chi connectivity index (χ0) is 14.2. The van der Waals surface area contributed by atoms with Crippen LogP contribution in [0.1, 0.15) is 18.4 Å². The molecule has 1 saturated heterocycles. The van der Waals surface area contributed by atoms with Gasteiger partial charge in [0.25, 0.3) is 0 Å². The third-order valence-corrected chi connectivity index (χ3v) is 4.14. The first-order valence-electron chi connectivity index (χ1n) is 7.21. The van der Waals surface area contributed by atoms with Gasteiger partial charge in [0.2, 0.25) is 0 Å². The highest BCUT2D eigenvalue weighted by molar-refractivity contribution is 5.74. The summed E-state index contributed by atoms with van der Waals surface area (Å²) >= 11 is 0. The molecule has 21 heavy (non-hydrogen) atoms. The van der Waals surface area contributed by atoms with Crippen molar-refractivity contribution in [1.82, 2.24) is 9.97 Å². The number of fused-ring (bicyclic) bond motifs is 4. The maximum atomic E-state index is 8.98. The molecule has 2 bridgehead atoms. The quantitative estimate of drug-likeness (QED) is 0.867. The number of rotatable bonds is 1. The van der Waals surface area contributed by atoms with Crippen LogP contribution in [0.4, 0.5) is 11.5 Å². The van der Waals surface area contributed by atoms with E-state index in [0.29, 0.717) is 11.6 Å². The molecule has 0 amide bonds. The lowest BCUT2D eigenvalue weighted by Gasteiger charge is -2.40. The molecule has 5 nitrogen and oxygen atoms in total. The summed E-state index contributed by atoms with van der Waals surface area (Å²) in [4.78, 5) is 11.3. The first kappa shape index (κ1) is 12.2. The molecule has 0 unspecified atom stereocenters. The largest absolute Gasteiger partial charge is 0.366 e. The average molecular weight is 277 g/mol. The highest BCUT2D eigenvalue weighted by atomic mass is 15.2. The summed E-state index contributed by atoms with van der Waals surface area (Å²) in [5.41, 5.74) is 3.47. The van der Waals surface area contributed by atoms with E-state index in [1.54, 1.807) is 12.4 Å². The Morgan fingerprint density at radius 2 is 2.29 bits per heavy atom. The van der Waals surface area contributed by atoms with Gasteiger partial charge in [-0.2, -0.15) is 5.26 Å². The SMILES string of the molecule is N#Cc1cncc(-c2ccc3c(n2)N[C@H]2CCCN3C2)c1. The summed E-state index contributed by atoms with van der Waals surface area (Å²) in [5, 5.41) is 12.5. The first-order valence-corrected chi connectivity index (χ1v) is 7.21. The van der Waals surface area contributed by atoms with Crippen LogP contribution in [0.3, 0.4) is 0 Å². The van der Waals surface area contributed by atoms with Gasteiger partial charge in [0.15, 0.2) is 5.82 Å². The van der Waals surface area contributed by atoms with Crippen LogP contribution in [0.5, 0.6) is 0 Å². The van der Waals surface area contributed by atoms with E-state index in [2.05, 4.69) is 27.3 Å². The fraction of sp³-hybridized carbons (Fsp3) is 0.312. The van der Waals surface area contributed by atoms with Crippen molar-refractivity contribution in [2.45, 2.75) is 18.9 Å². The number of hydrogen-bond donors (Lipinski definition) is 1. The third-order valence-electron chi connectivity index (χ3n) is 4.14. The van der Waals surface area contributed by atoms with Crippen molar-refractivity contribution in [3.63, 3.8) is 0 Å². The van der Waals surface area contributed by atoms with Crippen LogP contribution in [0.15, 0.2) is 30.6 Å². The van der Waals surface area contributed by atoms with Gasteiger partial charge < -0.3 is 10.2 Å². The number of piperidine rings is 1. The monoisotopic (exact) mass is 277 g/mol. The number of hydrogen-bond acceptors (Lipinski definition) is 5. The van der Waals surface area contributed by atoms with Crippen LogP contribution in [0.2, 0.25) is 0 Å². The summed E-state index contributed by atoms with van der Waals surface area (Å²) in [5.74, 6) is 0.950. The van der Waals surface area contributed by atoms with Crippen molar-refractivity contribution >= 4 is 11.5 Å². The van der Waals surface area contributed by atoms with Crippen LogP contribution in [-0.2, 0) is 0 Å². The van der Waals surface area contributed by atoms with E-state index in [-0.39, 0.29) is 0 Å². The number of aromatic nitrogens is 2. The van der Waals surface area contributed by atoms with Crippen LogP contribution in [0, 0.1) is 11.3 Å². The number of nitrogens with one attached hydrogen (secondary N) is 1. The molecule has 4 heterocycles. The molecule has 4 rings (SSSR count). The van der Waals surface area contributed by atoms with E-state index in [1.165, 1.54) is 18.5 Å². The second-order valence-corrected chi connectivity index (χ2v) is 5.57. The van der Waals surface area contributed by atoms with Gasteiger partial charge >= 0.3 is 0 Å². The van der Waals surface area contributed by atoms with Crippen LogP contribution in [-0.4, -0.2) is 29.1 Å². The molecule has 1 atom stereocenters. The molecule has 2 aromatic heterocycles. The van der Waals surface area contributed by atoms with Gasteiger partial charge in [-0.05, 0) is 31.0 Å². The minimum absolute atomic E-state index is 0.498. The molecule has 0 aliphatic carbocycles. The highest BCUT2D eigenvalue weighted by Crippen LogP contribution is 2.34. The van der Waals surface area contributed by atoms with Gasteiger partial charge in [0, 0.05) is 37.1 Å². The van der Waals surface area contributed by atoms with Gasteiger partial charge in [-0.25, -0.2) is 4.98 Å². The fourth-order valence-corrected chi connectivity index (χ4v) is 3.12. The first-order chi connectivity index (χ1) is 10.3. The van der Waals surface area contributed by atoms with E-state index in [9.17, 15) is 0 Å². The molecule has 104 valence electrons. The Balaban J connectivity index is 1.75. The molecule has 2 aromatic rings. The molecular formula is C16H15N5. The number of nitrogens with zero attached hydrogens (tertiary/aromatic N) is 4. The molecule has 2 aliphatic heterocycles. The molecule has 1 fully saturated rings. The maximum absolute atomic E-state index is 8.98. The Bertz CT molecular complexity index is 734. The molecule has 0 radical (unpaired) electrons. The second-order valence-electron chi connectivity index (χ2n) is 5.57. The van der Waals surface area contributed by atoms with Gasteiger partial charge in [-0.15, -0.1) is 0 Å². The van der Waals surface area contributed by atoms with E-state index in [0.717, 1.165) is 30.2 Å². The van der Waals surface area contributed by atoms with Crippen molar-refractivity contribution in [3.8, 4) is 17.3 Å². The predicted molar refractivity (Wildman–Crippen MR) is 81.0 cm³/mol. The number of nitriles is 1. The highest BCUT2D eigenvalue weighted by Gasteiger charge is 2.28. The Kier molecular flexibility index (Phi) is 2.74. The van der Waals surface area contributed by atoms with Gasteiger partial charge in [0.05, 0.1) is 16.9 Å². The summed E-state index contributed by atoms with van der Waals surface area (Å²) in [6.45, 7) is 2.18. The number of pyridine rings is 2. The van der Waals surface area contributed by atoms with Crippen molar-refractivity contribution in [1.29, 1.82) is 5.26 Å². The second kappa shape index (κ2) is 4.74. The van der Waals surface area contributed by atoms with Crippen molar-refractivity contribution in [2.24, 2.45) is 0 Å². The molecule has 0 saturated carbocycles. The standard InChI is InChI=1S/C16H15N5/c17-7-11-6-12(9-18-8-11)14-3-4-15-16(20-14)19-13-2-1-5-21(15)10-13/h3-4,6,8-9,13H,1-2,5,10H2,(H,19,20)/t13-/m0/s1. The molecule has 1 N–H and O–H groups in total.